The topological polar surface area (TPSA) is 35.5 Å². The minimum absolute atomic E-state index is 0.0996. The molecule has 1 aromatic carbocycles. The van der Waals surface area contributed by atoms with Crippen LogP contribution in [0.4, 0.5) is 0 Å². The SMILES string of the molecule is COc1cc(CC(C)=O)cc(Cl)c1OC1CCCC1. The Morgan fingerprint density at radius 1 is 1.37 bits per heavy atom. The van der Waals surface area contributed by atoms with Crippen molar-refractivity contribution >= 4 is 17.4 Å². The lowest BCUT2D eigenvalue weighted by atomic mass is 10.1. The van der Waals surface area contributed by atoms with Crippen LogP contribution in [0.25, 0.3) is 0 Å². The van der Waals surface area contributed by atoms with Gasteiger partial charge in [-0.2, -0.15) is 0 Å². The molecular weight excluding hydrogens is 264 g/mol. The zero-order chi connectivity index (χ0) is 13.8. The van der Waals surface area contributed by atoms with Gasteiger partial charge in [0.15, 0.2) is 11.5 Å². The van der Waals surface area contributed by atoms with E-state index in [0.29, 0.717) is 22.9 Å². The van der Waals surface area contributed by atoms with Gasteiger partial charge in [-0.15, -0.1) is 0 Å². The first-order valence-corrected chi connectivity index (χ1v) is 7.00. The smallest absolute Gasteiger partial charge is 0.180 e. The van der Waals surface area contributed by atoms with Crippen LogP contribution in [0.2, 0.25) is 5.02 Å². The van der Waals surface area contributed by atoms with Crippen LogP contribution >= 0.6 is 11.6 Å². The fourth-order valence-electron chi connectivity index (χ4n) is 2.45. The zero-order valence-electron chi connectivity index (χ0n) is 11.4. The lowest BCUT2D eigenvalue weighted by Crippen LogP contribution is -2.12. The Morgan fingerprint density at radius 3 is 2.63 bits per heavy atom. The molecule has 0 atom stereocenters. The normalized spacial score (nSPS) is 15.5. The van der Waals surface area contributed by atoms with Crippen molar-refractivity contribution in [2.45, 2.75) is 45.1 Å². The van der Waals surface area contributed by atoms with Gasteiger partial charge in [0.2, 0.25) is 0 Å². The van der Waals surface area contributed by atoms with Crippen LogP contribution in [0.3, 0.4) is 0 Å². The van der Waals surface area contributed by atoms with Gasteiger partial charge in [-0.3, -0.25) is 4.79 Å². The van der Waals surface area contributed by atoms with Crippen LogP contribution < -0.4 is 9.47 Å². The molecule has 0 saturated heterocycles. The fourth-order valence-corrected chi connectivity index (χ4v) is 2.73. The highest BCUT2D eigenvalue weighted by Crippen LogP contribution is 2.39. The van der Waals surface area contributed by atoms with Gasteiger partial charge in [0.05, 0.1) is 18.2 Å². The van der Waals surface area contributed by atoms with E-state index in [2.05, 4.69) is 0 Å². The lowest BCUT2D eigenvalue weighted by molar-refractivity contribution is -0.116. The van der Waals surface area contributed by atoms with Crippen LogP contribution in [-0.2, 0) is 11.2 Å². The van der Waals surface area contributed by atoms with E-state index < -0.39 is 0 Å². The van der Waals surface area contributed by atoms with Gasteiger partial charge in [0.25, 0.3) is 0 Å². The Kier molecular flexibility index (Phi) is 4.70. The number of hydrogen-bond acceptors (Lipinski definition) is 3. The maximum Gasteiger partial charge on any atom is 0.180 e. The molecular formula is C15H19ClO3. The number of methoxy groups -OCH3 is 1. The second-order valence-corrected chi connectivity index (χ2v) is 5.42. The zero-order valence-corrected chi connectivity index (χ0v) is 12.1. The van der Waals surface area contributed by atoms with E-state index in [0.717, 1.165) is 18.4 Å². The predicted molar refractivity (Wildman–Crippen MR) is 75.3 cm³/mol. The molecule has 0 aliphatic heterocycles. The van der Waals surface area contributed by atoms with Gasteiger partial charge in [-0.1, -0.05) is 11.6 Å². The summed E-state index contributed by atoms with van der Waals surface area (Å²) in [6, 6.07) is 3.62. The molecule has 1 aliphatic carbocycles. The maximum absolute atomic E-state index is 11.2. The second-order valence-electron chi connectivity index (χ2n) is 5.01. The van der Waals surface area contributed by atoms with Crippen LogP contribution in [0.5, 0.6) is 11.5 Å². The van der Waals surface area contributed by atoms with Crippen molar-refractivity contribution in [3.63, 3.8) is 0 Å². The summed E-state index contributed by atoms with van der Waals surface area (Å²) in [6.45, 7) is 1.56. The minimum atomic E-state index is 0.0996. The summed E-state index contributed by atoms with van der Waals surface area (Å²) in [5, 5.41) is 0.516. The number of ether oxygens (including phenoxy) is 2. The number of hydrogen-bond donors (Lipinski definition) is 0. The first-order chi connectivity index (χ1) is 9.10. The maximum atomic E-state index is 11.2. The molecule has 1 aliphatic rings. The highest BCUT2D eigenvalue weighted by atomic mass is 35.5. The third kappa shape index (κ3) is 3.63. The summed E-state index contributed by atoms with van der Waals surface area (Å²) in [6.07, 6.45) is 5.12. The van der Waals surface area contributed by atoms with Gasteiger partial charge < -0.3 is 9.47 Å². The molecule has 0 radical (unpaired) electrons. The van der Waals surface area contributed by atoms with E-state index in [4.69, 9.17) is 21.1 Å². The summed E-state index contributed by atoms with van der Waals surface area (Å²) >= 11 is 6.26. The first kappa shape index (κ1) is 14.2. The Bertz CT molecular complexity index is 465. The van der Waals surface area contributed by atoms with Gasteiger partial charge in [-0.25, -0.2) is 0 Å². The summed E-state index contributed by atoms with van der Waals surface area (Å²) in [5.74, 6) is 1.31. The Balaban J connectivity index is 2.23. The Hall–Kier alpha value is -1.22. The van der Waals surface area contributed by atoms with Crippen molar-refractivity contribution in [2.24, 2.45) is 0 Å². The van der Waals surface area contributed by atoms with Crippen molar-refractivity contribution in [1.29, 1.82) is 0 Å². The molecule has 19 heavy (non-hydrogen) atoms. The summed E-state index contributed by atoms with van der Waals surface area (Å²) < 4.78 is 11.3. The molecule has 104 valence electrons. The average Bonchev–Trinajstić information content (AvgIpc) is 2.84. The summed E-state index contributed by atoms with van der Waals surface area (Å²) in [5.41, 5.74) is 0.855. The average molecular weight is 283 g/mol. The molecule has 0 amide bonds. The molecule has 3 nitrogen and oxygen atoms in total. The molecule has 0 unspecified atom stereocenters. The third-order valence-corrected chi connectivity index (χ3v) is 3.61. The molecule has 0 spiro atoms. The van der Waals surface area contributed by atoms with E-state index in [1.165, 1.54) is 12.8 Å². The third-order valence-electron chi connectivity index (χ3n) is 3.33. The van der Waals surface area contributed by atoms with Crippen LogP contribution in [0, 0.1) is 0 Å². The second kappa shape index (κ2) is 6.29. The van der Waals surface area contributed by atoms with E-state index in [1.54, 1.807) is 20.1 Å². The first-order valence-electron chi connectivity index (χ1n) is 6.62. The molecule has 1 fully saturated rings. The van der Waals surface area contributed by atoms with Crippen molar-refractivity contribution in [3.05, 3.63) is 22.7 Å². The number of ketones is 1. The Morgan fingerprint density at radius 2 is 2.05 bits per heavy atom. The van der Waals surface area contributed by atoms with Crippen LogP contribution in [0.15, 0.2) is 12.1 Å². The highest BCUT2D eigenvalue weighted by molar-refractivity contribution is 6.32. The summed E-state index contributed by atoms with van der Waals surface area (Å²) in [7, 11) is 1.59. The standard InChI is InChI=1S/C15H19ClO3/c1-10(17)7-11-8-13(16)15(14(9-11)18-2)19-12-5-3-4-6-12/h8-9,12H,3-7H2,1-2H3. The van der Waals surface area contributed by atoms with Gasteiger partial charge >= 0.3 is 0 Å². The number of rotatable bonds is 5. The number of halogens is 1. The molecule has 0 heterocycles. The lowest BCUT2D eigenvalue weighted by Gasteiger charge is -2.18. The molecule has 0 bridgehead atoms. The highest BCUT2D eigenvalue weighted by Gasteiger charge is 2.21. The number of benzene rings is 1. The van der Waals surface area contributed by atoms with E-state index in [9.17, 15) is 4.79 Å². The summed E-state index contributed by atoms with van der Waals surface area (Å²) in [4.78, 5) is 11.2. The van der Waals surface area contributed by atoms with Gasteiger partial charge in [0.1, 0.15) is 5.78 Å². The van der Waals surface area contributed by atoms with Gasteiger partial charge in [0, 0.05) is 6.42 Å². The minimum Gasteiger partial charge on any atom is -0.493 e. The Labute approximate surface area is 118 Å². The van der Waals surface area contributed by atoms with Crippen LogP contribution in [0.1, 0.15) is 38.2 Å². The molecule has 0 aromatic heterocycles. The van der Waals surface area contributed by atoms with Crippen molar-refractivity contribution in [3.8, 4) is 11.5 Å². The quantitative estimate of drug-likeness (QED) is 0.824. The predicted octanol–water partition coefficient (Wildman–Crippen LogP) is 3.80. The van der Waals surface area contributed by atoms with Crippen LogP contribution in [-0.4, -0.2) is 19.0 Å². The van der Waals surface area contributed by atoms with Crippen molar-refractivity contribution in [2.75, 3.05) is 7.11 Å². The molecule has 4 heteroatoms. The largest absolute Gasteiger partial charge is 0.493 e. The number of carbonyl (C=O) groups is 1. The van der Waals surface area contributed by atoms with Gasteiger partial charge in [-0.05, 0) is 50.3 Å². The van der Waals surface area contributed by atoms with E-state index >= 15 is 0 Å². The molecule has 0 N–H and O–H groups in total. The van der Waals surface area contributed by atoms with E-state index in [-0.39, 0.29) is 11.9 Å². The molecule has 1 aromatic rings. The number of Topliss-reactive ketones (excluding diaryl/α,β-unsaturated/α-hetero) is 1. The molecule has 1 saturated carbocycles. The van der Waals surface area contributed by atoms with E-state index in [1.807, 2.05) is 6.07 Å². The monoisotopic (exact) mass is 282 g/mol. The number of carbonyl (C=O) groups excluding carboxylic acids is 1. The fraction of sp³-hybridized carbons (Fsp3) is 0.533. The van der Waals surface area contributed by atoms with Crippen molar-refractivity contribution < 1.29 is 14.3 Å². The van der Waals surface area contributed by atoms with Crippen molar-refractivity contribution in [1.82, 2.24) is 0 Å². The molecule has 2 rings (SSSR count).